The van der Waals surface area contributed by atoms with Gasteiger partial charge in [-0.2, -0.15) is 0 Å². The number of carbonyl (C=O) groups excluding carboxylic acids is 1. The summed E-state index contributed by atoms with van der Waals surface area (Å²) < 4.78 is 5.55. The highest BCUT2D eigenvalue weighted by molar-refractivity contribution is 7.13. The molecule has 1 aliphatic carbocycles. The highest BCUT2D eigenvalue weighted by atomic mass is 32.1. The van der Waals surface area contributed by atoms with Gasteiger partial charge in [0.15, 0.2) is 5.13 Å². The second-order valence-electron chi connectivity index (χ2n) is 7.83. The molecular weight excluding hydrogens is 362 g/mol. The van der Waals surface area contributed by atoms with Crippen molar-refractivity contribution in [1.29, 1.82) is 0 Å². The number of ether oxygens (including phenoxy) is 1. The minimum absolute atomic E-state index is 0.0898. The molecule has 0 radical (unpaired) electrons. The van der Waals surface area contributed by atoms with E-state index in [1.807, 2.05) is 16.5 Å². The Balaban J connectivity index is 1.30. The lowest BCUT2D eigenvalue weighted by atomic mass is 9.80. The van der Waals surface area contributed by atoms with Gasteiger partial charge in [-0.05, 0) is 12.8 Å². The average molecular weight is 394 g/mol. The Hall–Kier alpha value is -1.38. The van der Waals surface area contributed by atoms with Crippen LogP contribution in [0.25, 0.3) is 0 Å². The summed E-state index contributed by atoms with van der Waals surface area (Å²) in [6.45, 7) is 7.60. The third-order valence-electron chi connectivity index (χ3n) is 6.29. The van der Waals surface area contributed by atoms with Crippen molar-refractivity contribution in [2.45, 2.75) is 37.6 Å². The van der Waals surface area contributed by atoms with E-state index in [0.29, 0.717) is 0 Å². The number of aromatic nitrogens is 1. The fraction of sp³-hybridized carbons (Fsp3) is 0.789. The predicted molar refractivity (Wildman–Crippen MR) is 108 cm³/mol. The Bertz CT molecular complexity index is 591. The van der Waals surface area contributed by atoms with Crippen LogP contribution in [-0.2, 0) is 4.74 Å². The monoisotopic (exact) mass is 393 g/mol. The lowest BCUT2D eigenvalue weighted by Crippen LogP contribution is -2.61. The molecule has 2 amide bonds. The Morgan fingerprint density at radius 2 is 1.85 bits per heavy atom. The third kappa shape index (κ3) is 4.38. The quantitative estimate of drug-likeness (QED) is 0.848. The number of rotatable bonds is 4. The number of thiazole rings is 1. The van der Waals surface area contributed by atoms with Gasteiger partial charge in [0.1, 0.15) is 0 Å². The molecule has 1 N–H and O–H groups in total. The summed E-state index contributed by atoms with van der Waals surface area (Å²) in [7, 11) is 0. The van der Waals surface area contributed by atoms with Gasteiger partial charge in [-0.25, -0.2) is 9.78 Å². The smallest absolute Gasteiger partial charge is 0.317 e. The number of carbonyl (C=O) groups is 1. The number of hydrogen-bond donors (Lipinski definition) is 1. The summed E-state index contributed by atoms with van der Waals surface area (Å²) in [5.41, 5.74) is 0.125. The van der Waals surface area contributed by atoms with Crippen molar-refractivity contribution in [3.8, 4) is 0 Å². The van der Waals surface area contributed by atoms with Crippen LogP contribution in [0.3, 0.4) is 0 Å². The number of morpholine rings is 1. The van der Waals surface area contributed by atoms with Crippen molar-refractivity contribution in [3.05, 3.63) is 11.6 Å². The van der Waals surface area contributed by atoms with Crippen LogP contribution in [0.4, 0.5) is 9.93 Å². The lowest BCUT2D eigenvalue weighted by molar-refractivity contribution is -0.0360. The van der Waals surface area contributed by atoms with Crippen LogP contribution in [-0.4, -0.2) is 85.4 Å². The topological polar surface area (TPSA) is 60.9 Å². The van der Waals surface area contributed by atoms with Crippen LogP contribution in [0.15, 0.2) is 11.6 Å². The predicted octanol–water partition coefficient (Wildman–Crippen LogP) is 2.01. The van der Waals surface area contributed by atoms with Crippen molar-refractivity contribution in [2.75, 3.05) is 63.9 Å². The molecule has 1 aromatic rings. The third-order valence-corrected chi connectivity index (χ3v) is 7.12. The molecule has 8 heteroatoms. The van der Waals surface area contributed by atoms with Crippen molar-refractivity contribution in [2.24, 2.45) is 0 Å². The number of piperazine rings is 1. The number of anilines is 1. The van der Waals surface area contributed by atoms with E-state index in [-0.39, 0.29) is 11.6 Å². The molecule has 1 saturated carbocycles. The first kappa shape index (κ1) is 19.0. The molecule has 2 aliphatic heterocycles. The van der Waals surface area contributed by atoms with Crippen molar-refractivity contribution in [3.63, 3.8) is 0 Å². The molecule has 2 saturated heterocycles. The summed E-state index contributed by atoms with van der Waals surface area (Å²) in [6.07, 6.45) is 8.06. The Labute approximate surface area is 165 Å². The highest BCUT2D eigenvalue weighted by Gasteiger charge is 2.39. The van der Waals surface area contributed by atoms with Crippen LogP contribution in [0.2, 0.25) is 0 Å². The van der Waals surface area contributed by atoms with Gasteiger partial charge in [0.25, 0.3) is 0 Å². The Morgan fingerprint density at radius 1 is 1.11 bits per heavy atom. The molecule has 0 aromatic carbocycles. The summed E-state index contributed by atoms with van der Waals surface area (Å²) in [5, 5.41) is 6.35. The molecule has 0 unspecified atom stereocenters. The van der Waals surface area contributed by atoms with E-state index < -0.39 is 0 Å². The summed E-state index contributed by atoms with van der Waals surface area (Å²) in [4.78, 5) is 24.0. The summed E-state index contributed by atoms with van der Waals surface area (Å²) in [5.74, 6) is 0. The normalized spacial score (nSPS) is 24.0. The van der Waals surface area contributed by atoms with E-state index in [2.05, 4.69) is 20.1 Å². The second kappa shape index (κ2) is 8.75. The van der Waals surface area contributed by atoms with Gasteiger partial charge in [-0.3, -0.25) is 4.90 Å². The van der Waals surface area contributed by atoms with E-state index in [4.69, 9.17) is 4.74 Å². The molecule has 0 atom stereocenters. The average Bonchev–Trinajstić information content (AvgIpc) is 3.28. The van der Waals surface area contributed by atoms with Gasteiger partial charge in [0.05, 0.1) is 13.2 Å². The largest absolute Gasteiger partial charge is 0.379 e. The number of urea groups is 1. The van der Waals surface area contributed by atoms with Crippen molar-refractivity contribution < 1.29 is 9.53 Å². The van der Waals surface area contributed by atoms with Crippen LogP contribution >= 0.6 is 11.3 Å². The maximum Gasteiger partial charge on any atom is 0.317 e. The number of amides is 2. The van der Waals surface area contributed by atoms with Crippen LogP contribution in [0, 0.1) is 0 Å². The van der Waals surface area contributed by atoms with Gasteiger partial charge in [-0.1, -0.05) is 19.3 Å². The maximum atomic E-state index is 12.8. The van der Waals surface area contributed by atoms with Crippen LogP contribution in [0.5, 0.6) is 0 Å². The standard InChI is InChI=1S/C19H31N5O2S/c25-17(22-7-9-23(10-8-22)18-20-6-15-27-18)21-16-19(4-2-1-3-5-19)24-11-13-26-14-12-24/h6,15H,1-5,7-14,16H2,(H,21,25). The molecule has 7 nitrogen and oxygen atoms in total. The Morgan fingerprint density at radius 3 is 2.52 bits per heavy atom. The first-order valence-electron chi connectivity index (χ1n) is 10.3. The molecule has 0 bridgehead atoms. The van der Waals surface area contributed by atoms with E-state index >= 15 is 0 Å². The molecule has 1 aromatic heterocycles. The minimum Gasteiger partial charge on any atom is -0.379 e. The molecule has 0 spiro atoms. The first-order valence-corrected chi connectivity index (χ1v) is 11.1. The maximum absolute atomic E-state index is 12.8. The van der Waals surface area contributed by atoms with Gasteiger partial charge in [0.2, 0.25) is 0 Å². The fourth-order valence-corrected chi connectivity index (χ4v) is 5.37. The molecular formula is C19H31N5O2S. The number of nitrogens with one attached hydrogen (secondary N) is 1. The molecule has 150 valence electrons. The van der Waals surface area contributed by atoms with E-state index in [1.165, 1.54) is 32.1 Å². The zero-order valence-electron chi connectivity index (χ0n) is 16.1. The highest BCUT2D eigenvalue weighted by Crippen LogP contribution is 2.34. The fourth-order valence-electron chi connectivity index (χ4n) is 4.68. The van der Waals surface area contributed by atoms with Crippen LogP contribution in [0.1, 0.15) is 32.1 Å². The van der Waals surface area contributed by atoms with Crippen molar-refractivity contribution in [1.82, 2.24) is 20.1 Å². The molecule has 3 heterocycles. The van der Waals surface area contributed by atoms with Crippen molar-refractivity contribution >= 4 is 22.5 Å². The number of hydrogen-bond acceptors (Lipinski definition) is 6. The Kier molecular flexibility index (Phi) is 6.14. The van der Waals surface area contributed by atoms with E-state index in [0.717, 1.165) is 64.2 Å². The summed E-state index contributed by atoms with van der Waals surface area (Å²) in [6, 6.07) is 0.0898. The second-order valence-corrected chi connectivity index (χ2v) is 8.70. The molecule has 27 heavy (non-hydrogen) atoms. The molecule has 4 rings (SSSR count). The lowest BCUT2D eigenvalue weighted by Gasteiger charge is -2.48. The zero-order chi connectivity index (χ0) is 18.5. The zero-order valence-corrected chi connectivity index (χ0v) is 16.9. The first-order chi connectivity index (χ1) is 13.3. The minimum atomic E-state index is 0.0898. The van der Waals surface area contributed by atoms with Gasteiger partial charge in [-0.15, -0.1) is 11.3 Å². The number of nitrogens with zero attached hydrogens (tertiary/aromatic N) is 4. The molecule has 3 aliphatic rings. The van der Waals surface area contributed by atoms with E-state index in [1.54, 1.807) is 11.3 Å². The van der Waals surface area contributed by atoms with Gasteiger partial charge >= 0.3 is 6.03 Å². The van der Waals surface area contributed by atoms with Gasteiger partial charge < -0.3 is 19.9 Å². The SMILES string of the molecule is O=C(NCC1(N2CCOCC2)CCCCC1)N1CCN(c2nccs2)CC1. The van der Waals surface area contributed by atoms with Gasteiger partial charge in [0, 0.05) is 62.9 Å². The van der Waals surface area contributed by atoms with E-state index in [9.17, 15) is 4.79 Å². The van der Waals surface area contributed by atoms with Crippen LogP contribution < -0.4 is 10.2 Å². The summed E-state index contributed by atoms with van der Waals surface area (Å²) >= 11 is 1.66. The molecule has 3 fully saturated rings.